The summed E-state index contributed by atoms with van der Waals surface area (Å²) in [5.74, 6) is 0.238. The Labute approximate surface area is 124 Å². The number of nitroso groups, excluding NO2 is 1. The standard InChI is InChI=1S/C14H9Cl2N3O/c1-8-2-3-9(15)6-11(8)13-14(18-20)19-5-4-10(16)7-12(19)17-13/h2-7H,1H3. The first-order valence-corrected chi connectivity index (χ1v) is 6.63. The molecule has 0 radical (unpaired) electrons. The van der Waals surface area contributed by atoms with E-state index in [0.717, 1.165) is 11.1 Å². The van der Waals surface area contributed by atoms with Gasteiger partial charge in [0.15, 0.2) is 0 Å². The Morgan fingerprint density at radius 2 is 1.90 bits per heavy atom. The van der Waals surface area contributed by atoms with Crippen molar-refractivity contribution in [1.29, 1.82) is 0 Å². The molecule has 0 fully saturated rings. The third kappa shape index (κ3) is 2.07. The van der Waals surface area contributed by atoms with Crippen molar-refractivity contribution >= 4 is 34.7 Å². The summed E-state index contributed by atoms with van der Waals surface area (Å²) in [6.07, 6.45) is 1.67. The monoisotopic (exact) mass is 305 g/mol. The Balaban J connectivity index is 2.35. The Morgan fingerprint density at radius 1 is 1.15 bits per heavy atom. The number of aromatic nitrogens is 2. The molecule has 0 aliphatic rings. The minimum Gasteiger partial charge on any atom is -0.281 e. The fourth-order valence-corrected chi connectivity index (χ4v) is 2.45. The Kier molecular flexibility index (Phi) is 3.20. The minimum atomic E-state index is 0.238. The molecule has 0 atom stereocenters. The fourth-order valence-electron chi connectivity index (χ4n) is 2.12. The molecule has 0 bridgehead atoms. The lowest BCUT2D eigenvalue weighted by Gasteiger charge is -2.03. The van der Waals surface area contributed by atoms with E-state index < -0.39 is 0 Å². The highest BCUT2D eigenvalue weighted by Gasteiger charge is 2.17. The van der Waals surface area contributed by atoms with Gasteiger partial charge in [0.25, 0.3) is 0 Å². The smallest absolute Gasteiger partial charge is 0.209 e. The van der Waals surface area contributed by atoms with Gasteiger partial charge in [-0.05, 0) is 35.9 Å². The first-order chi connectivity index (χ1) is 9.60. The van der Waals surface area contributed by atoms with Crippen LogP contribution in [0.4, 0.5) is 5.82 Å². The molecule has 0 spiro atoms. The van der Waals surface area contributed by atoms with E-state index in [-0.39, 0.29) is 5.82 Å². The van der Waals surface area contributed by atoms with E-state index in [9.17, 15) is 4.91 Å². The molecule has 3 rings (SSSR count). The van der Waals surface area contributed by atoms with Crippen molar-refractivity contribution in [2.75, 3.05) is 0 Å². The minimum absolute atomic E-state index is 0.238. The molecule has 2 heterocycles. The predicted octanol–water partition coefficient (Wildman–Crippen LogP) is 5.01. The summed E-state index contributed by atoms with van der Waals surface area (Å²) >= 11 is 12.0. The number of rotatable bonds is 2. The van der Waals surface area contributed by atoms with Gasteiger partial charge in [-0.1, -0.05) is 29.3 Å². The topological polar surface area (TPSA) is 46.7 Å². The molecule has 0 aliphatic heterocycles. The van der Waals surface area contributed by atoms with Crippen molar-refractivity contribution in [1.82, 2.24) is 9.38 Å². The van der Waals surface area contributed by atoms with E-state index in [2.05, 4.69) is 10.2 Å². The van der Waals surface area contributed by atoms with Crippen LogP contribution in [0, 0.1) is 11.8 Å². The molecule has 20 heavy (non-hydrogen) atoms. The number of benzene rings is 1. The number of pyridine rings is 1. The van der Waals surface area contributed by atoms with Gasteiger partial charge >= 0.3 is 0 Å². The van der Waals surface area contributed by atoms with E-state index >= 15 is 0 Å². The zero-order chi connectivity index (χ0) is 14.3. The third-order valence-corrected chi connectivity index (χ3v) is 3.57. The zero-order valence-electron chi connectivity index (χ0n) is 10.5. The molecular weight excluding hydrogens is 297 g/mol. The van der Waals surface area contributed by atoms with Gasteiger partial charge in [-0.15, -0.1) is 4.91 Å². The number of hydrogen-bond donors (Lipinski definition) is 0. The molecule has 100 valence electrons. The zero-order valence-corrected chi connectivity index (χ0v) is 12.0. The number of hydrogen-bond acceptors (Lipinski definition) is 3. The van der Waals surface area contributed by atoms with Crippen molar-refractivity contribution in [3.05, 3.63) is 57.0 Å². The van der Waals surface area contributed by atoms with E-state index in [1.165, 1.54) is 0 Å². The highest BCUT2D eigenvalue weighted by Crippen LogP contribution is 2.34. The summed E-state index contributed by atoms with van der Waals surface area (Å²) in [4.78, 5) is 15.6. The van der Waals surface area contributed by atoms with Gasteiger partial charge in [0.2, 0.25) is 5.82 Å². The van der Waals surface area contributed by atoms with Crippen molar-refractivity contribution in [2.45, 2.75) is 6.92 Å². The van der Waals surface area contributed by atoms with Gasteiger partial charge in [0.05, 0.1) is 0 Å². The third-order valence-electron chi connectivity index (χ3n) is 3.10. The molecule has 2 aromatic heterocycles. The molecule has 4 nitrogen and oxygen atoms in total. The van der Waals surface area contributed by atoms with Crippen molar-refractivity contribution in [3.63, 3.8) is 0 Å². The summed E-state index contributed by atoms with van der Waals surface area (Å²) in [6, 6.07) is 8.80. The second-order valence-corrected chi connectivity index (χ2v) is 5.28. The van der Waals surface area contributed by atoms with Crippen LogP contribution in [-0.2, 0) is 0 Å². The molecule has 6 heteroatoms. The molecule has 1 aromatic carbocycles. The van der Waals surface area contributed by atoms with Crippen molar-refractivity contribution in [2.24, 2.45) is 5.18 Å². The molecule has 0 N–H and O–H groups in total. The van der Waals surface area contributed by atoms with Crippen LogP contribution < -0.4 is 0 Å². The lowest BCUT2D eigenvalue weighted by atomic mass is 10.1. The maximum atomic E-state index is 11.2. The fraction of sp³-hybridized carbons (Fsp3) is 0.0714. The SMILES string of the molecule is Cc1ccc(Cl)cc1-c1nc2cc(Cl)ccn2c1N=O. The number of imidazole rings is 1. The molecule has 0 aliphatic carbocycles. The molecule has 0 saturated carbocycles. The van der Waals surface area contributed by atoms with Crippen LogP contribution in [-0.4, -0.2) is 9.38 Å². The van der Waals surface area contributed by atoms with Crippen LogP contribution in [0.5, 0.6) is 0 Å². The van der Waals surface area contributed by atoms with Gasteiger partial charge in [0, 0.05) is 27.9 Å². The maximum absolute atomic E-state index is 11.2. The average molecular weight is 306 g/mol. The van der Waals surface area contributed by atoms with Crippen LogP contribution >= 0.6 is 23.2 Å². The largest absolute Gasteiger partial charge is 0.281 e. The van der Waals surface area contributed by atoms with Gasteiger partial charge in [-0.2, -0.15) is 0 Å². The van der Waals surface area contributed by atoms with E-state index in [1.54, 1.807) is 34.9 Å². The summed E-state index contributed by atoms with van der Waals surface area (Å²) in [7, 11) is 0. The van der Waals surface area contributed by atoms with Crippen LogP contribution in [0.2, 0.25) is 10.0 Å². The Hall–Kier alpha value is -1.91. The van der Waals surface area contributed by atoms with Crippen LogP contribution in [0.25, 0.3) is 16.9 Å². The molecule has 3 aromatic rings. The first kappa shape index (κ1) is 13.1. The quantitative estimate of drug-likeness (QED) is 0.624. The Morgan fingerprint density at radius 3 is 2.65 bits per heavy atom. The summed E-state index contributed by atoms with van der Waals surface area (Å²) in [5, 5.41) is 4.23. The number of nitrogens with zero attached hydrogens (tertiary/aromatic N) is 3. The van der Waals surface area contributed by atoms with Crippen molar-refractivity contribution < 1.29 is 0 Å². The first-order valence-electron chi connectivity index (χ1n) is 5.87. The number of halogens is 2. The van der Waals surface area contributed by atoms with E-state index in [1.807, 2.05) is 13.0 Å². The average Bonchev–Trinajstić information content (AvgIpc) is 2.78. The van der Waals surface area contributed by atoms with Gasteiger partial charge in [-0.25, -0.2) is 4.98 Å². The van der Waals surface area contributed by atoms with Crippen LogP contribution in [0.1, 0.15) is 5.56 Å². The molecule has 0 saturated heterocycles. The van der Waals surface area contributed by atoms with Crippen molar-refractivity contribution in [3.8, 4) is 11.3 Å². The van der Waals surface area contributed by atoms with Crippen LogP contribution in [0.15, 0.2) is 41.7 Å². The normalized spacial score (nSPS) is 10.9. The van der Waals surface area contributed by atoms with Gasteiger partial charge in [0.1, 0.15) is 11.3 Å². The molecule has 0 unspecified atom stereocenters. The summed E-state index contributed by atoms with van der Waals surface area (Å²) in [5.41, 5.74) is 2.82. The number of fused-ring (bicyclic) bond motifs is 1. The predicted molar refractivity (Wildman–Crippen MR) is 80.8 cm³/mol. The van der Waals surface area contributed by atoms with Crippen LogP contribution in [0.3, 0.4) is 0 Å². The second kappa shape index (κ2) is 4.89. The summed E-state index contributed by atoms with van der Waals surface area (Å²) in [6.45, 7) is 1.93. The van der Waals surface area contributed by atoms with Gasteiger partial charge < -0.3 is 0 Å². The maximum Gasteiger partial charge on any atom is 0.209 e. The van der Waals surface area contributed by atoms with E-state index in [0.29, 0.717) is 21.4 Å². The highest BCUT2D eigenvalue weighted by molar-refractivity contribution is 6.31. The Bertz CT molecular complexity index is 827. The second-order valence-electron chi connectivity index (χ2n) is 4.41. The lowest BCUT2D eigenvalue weighted by molar-refractivity contribution is 1.16. The summed E-state index contributed by atoms with van der Waals surface area (Å²) < 4.78 is 1.61. The highest BCUT2D eigenvalue weighted by atomic mass is 35.5. The van der Waals surface area contributed by atoms with Gasteiger partial charge in [-0.3, -0.25) is 4.40 Å². The molecule has 0 amide bonds. The van der Waals surface area contributed by atoms with E-state index in [4.69, 9.17) is 23.2 Å². The molecular formula is C14H9Cl2N3O. The number of aryl methyl sites for hydroxylation is 1. The lowest BCUT2D eigenvalue weighted by Crippen LogP contribution is -1.84.